The summed E-state index contributed by atoms with van der Waals surface area (Å²) in [4.78, 5) is 12.5. The Morgan fingerprint density at radius 1 is 1.21 bits per heavy atom. The monoisotopic (exact) mass is 438 g/mol. The Labute approximate surface area is 175 Å². The van der Waals surface area contributed by atoms with E-state index in [1.807, 2.05) is 0 Å². The molecule has 2 aromatic carbocycles. The number of nitrogens with zero attached hydrogens (tertiary/aromatic N) is 1. The molecule has 0 aliphatic carbocycles. The lowest BCUT2D eigenvalue weighted by molar-refractivity contribution is -0.116. The van der Waals surface area contributed by atoms with Crippen molar-refractivity contribution in [3.05, 3.63) is 53.1 Å². The highest BCUT2D eigenvalue weighted by molar-refractivity contribution is 7.89. The molecule has 0 bridgehead atoms. The molecule has 1 aliphatic rings. The molecule has 1 saturated heterocycles. The van der Waals surface area contributed by atoms with Crippen molar-refractivity contribution >= 4 is 33.2 Å². The lowest BCUT2D eigenvalue weighted by Gasteiger charge is -2.26. The van der Waals surface area contributed by atoms with Crippen LogP contribution in [0, 0.1) is 0 Å². The molecular weight excluding hydrogens is 416 g/mol. The van der Waals surface area contributed by atoms with Crippen LogP contribution in [0.15, 0.2) is 47.4 Å². The third-order valence-electron chi connectivity index (χ3n) is 4.63. The number of rotatable bonds is 7. The van der Waals surface area contributed by atoms with E-state index in [4.69, 9.17) is 21.1 Å². The van der Waals surface area contributed by atoms with Crippen molar-refractivity contribution in [3.63, 3.8) is 0 Å². The molecule has 1 aliphatic heterocycles. The Bertz CT molecular complexity index is 975. The SMILES string of the molecule is COc1ccc(S(=O)(=O)N2CCOCC2)cc1CCC(=O)Nc1ccccc1Cl. The van der Waals surface area contributed by atoms with E-state index in [0.29, 0.717) is 54.7 Å². The zero-order chi connectivity index (χ0) is 20.9. The van der Waals surface area contributed by atoms with Crippen LogP contribution in [0.1, 0.15) is 12.0 Å². The molecule has 156 valence electrons. The fourth-order valence-electron chi connectivity index (χ4n) is 3.07. The Kier molecular flexibility index (Phi) is 7.13. The summed E-state index contributed by atoms with van der Waals surface area (Å²) in [5, 5.41) is 3.22. The minimum absolute atomic E-state index is 0.155. The first-order chi connectivity index (χ1) is 13.9. The maximum Gasteiger partial charge on any atom is 0.243 e. The maximum absolute atomic E-state index is 12.9. The second kappa shape index (κ2) is 9.58. The van der Waals surface area contributed by atoms with Crippen LogP contribution in [-0.4, -0.2) is 52.0 Å². The largest absolute Gasteiger partial charge is 0.496 e. The quantitative estimate of drug-likeness (QED) is 0.718. The lowest BCUT2D eigenvalue weighted by Crippen LogP contribution is -2.40. The first kappa shape index (κ1) is 21.6. The molecule has 1 heterocycles. The van der Waals surface area contributed by atoms with Crippen molar-refractivity contribution in [3.8, 4) is 5.75 Å². The Hall–Kier alpha value is -2.13. The van der Waals surface area contributed by atoms with Crippen LogP contribution in [0.3, 0.4) is 0 Å². The van der Waals surface area contributed by atoms with E-state index in [-0.39, 0.29) is 17.2 Å². The summed E-state index contributed by atoms with van der Waals surface area (Å²) in [6.07, 6.45) is 0.481. The molecule has 0 atom stereocenters. The summed E-state index contributed by atoms with van der Waals surface area (Å²) < 4.78 is 37.8. The minimum atomic E-state index is -3.62. The van der Waals surface area contributed by atoms with Crippen molar-refractivity contribution in [1.82, 2.24) is 4.31 Å². The number of sulfonamides is 1. The number of benzene rings is 2. The van der Waals surface area contributed by atoms with Crippen LogP contribution in [0.25, 0.3) is 0 Å². The van der Waals surface area contributed by atoms with Crippen LogP contribution in [-0.2, 0) is 26.0 Å². The topological polar surface area (TPSA) is 84.9 Å². The van der Waals surface area contributed by atoms with E-state index in [0.717, 1.165) is 0 Å². The summed E-state index contributed by atoms with van der Waals surface area (Å²) in [5.41, 5.74) is 1.19. The highest BCUT2D eigenvalue weighted by atomic mass is 35.5. The molecule has 1 amide bonds. The first-order valence-electron chi connectivity index (χ1n) is 9.21. The average molecular weight is 439 g/mol. The van der Waals surface area contributed by atoms with Crippen molar-refractivity contribution in [2.45, 2.75) is 17.7 Å². The molecule has 7 nitrogen and oxygen atoms in total. The van der Waals surface area contributed by atoms with Gasteiger partial charge in [-0.2, -0.15) is 4.31 Å². The third-order valence-corrected chi connectivity index (χ3v) is 6.85. The van der Waals surface area contributed by atoms with Gasteiger partial charge >= 0.3 is 0 Å². The number of aryl methyl sites for hydroxylation is 1. The maximum atomic E-state index is 12.9. The van der Waals surface area contributed by atoms with Gasteiger partial charge in [0.15, 0.2) is 0 Å². The number of methoxy groups -OCH3 is 1. The number of anilines is 1. The van der Waals surface area contributed by atoms with Crippen molar-refractivity contribution in [1.29, 1.82) is 0 Å². The summed E-state index contributed by atoms with van der Waals surface area (Å²) in [5.74, 6) is 0.318. The molecule has 2 aromatic rings. The fourth-order valence-corrected chi connectivity index (χ4v) is 4.71. The molecule has 0 saturated carbocycles. The molecule has 29 heavy (non-hydrogen) atoms. The van der Waals surface area contributed by atoms with E-state index >= 15 is 0 Å². The van der Waals surface area contributed by atoms with Crippen molar-refractivity contribution < 1.29 is 22.7 Å². The van der Waals surface area contributed by atoms with Gasteiger partial charge in [-0.3, -0.25) is 4.79 Å². The molecular formula is C20H23ClN2O5S. The van der Waals surface area contributed by atoms with Gasteiger partial charge in [-0.1, -0.05) is 23.7 Å². The summed E-state index contributed by atoms with van der Waals surface area (Å²) in [6, 6.07) is 11.7. The zero-order valence-electron chi connectivity index (χ0n) is 16.1. The summed E-state index contributed by atoms with van der Waals surface area (Å²) in [7, 11) is -2.11. The van der Waals surface area contributed by atoms with E-state index in [2.05, 4.69) is 5.32 Å². The number of nitrogens with one attached hydrogen (secondary N) is 1. The van der Waals surface area contributed by atoms with Gasteiger partial charge in [0, 0.05) is 19.5 Å². The summed E-state index contributed by atoms with van der Waals surface area (Å²) >= 11 is 6.06. The second-order valence-corrected chi connectivity index (χ2v) is 8.86. The number of carbonyl (C=O) groups is 1. The number of hydrogen-bond donors (Lipinski definition) is 1. The molecule has 0 radical (unpaired) electrons. The average Bonchev–Trinajstić information content (AvgIpc) is 2.74. The number of carbonyl (C=O) groups excluding carboxylic acids is 1. The van der Waals surface area contributed by atoms with Gasteiger partial charge in [-0.15, -0.1) is 0 Å². The van der Waals surface area contributed by atoms with Gasteiger partial charge in [-0.25, -0.2) is 8.42 Å². The molecule has 1 N–H and O–H groups in total. The molecule has 1 fully saturated rings. The summed E-state index contributed by atoms with van der Waals surface area (Å²) in [6.45, 7) is 1.41. The molecule has 0 spiro atoms. The fraction of sp³-hybridized carbons (Fsp3) is 0.350. The number of halogens is 1. The van der Waals surface area contributed by atoms with Crippen LogP contribution in [0.4, 0.5) is 5.69 Å². The van der Waals surface area contributed by atoms with Gasteiger partial charge in [0.2, 0.25) is 15.9 Å². The number of morpholine rings is 1. The predicted octanol–water partition coefficient (Wildman–Crippen LogP) is 2.94. The van der Waals surface area contributed by atoms with Crippen LogP contribution in [0.5, 0.6) is 5.75 Å². The van der Waals surface area contributed by atoms with Crippen LogP contribution < -0.4 is 10.1 Å². The lowest BCUT2D eigenvalue weighted by atomic mass is 10.1. The second-order valence-electron chi connectivity index (χ2n) is 6.52. The smallest absolute Gasteiger partial charge is 0.243 e. The van der Waals surface area contributed by atoms with Gasteiger partial charge in [-0.05, 0) is 42.3 Å². The Morgan fingerprint density at radius 3 is 2.62 bits per heavy atom. The van der Waals surface area contributed by atoms with E-state index in [9.17, 15) is 13.2 Å². The van der Waals surface area contributed by atoms with E-state index in [1.54, 1.807) is 36.4 Å². The van der Waals surface area contributed by atoms with Gasteiger partial charge in [0.1, 0.15) is 5.75 Å². The Balaban J connectivity index is 1.73. The Morgan fingerprint density at radius 2 is 1.93 bits per heavy atom. The molecule has 9 heteroatoms. The van der Waals surface area contributed by atoms with E-state index in [1.165, 1.54) is 17.5 Å². The highest BCUT2D eigenvalue weighted by Gasteiger charge is 2.27. The number of ether oxygens (including phenoxy) is 2. The van der Waals surface area contributed by atoms with Crippen molar-refractivity contribution in [2.24, 2.45) is 0 Å². The van der Waals surface area contributed by atoms with Gasteiger partial charge < -0.3 is 14.8 Å². The normalized spacial score (nSPS) is 15.1. The predicted molar refractivity (Wildman–Crippen MR) is 111 cm³/mol. The number of amides is 1. The van der Waals surface area contributed by atoms with E-state index < -0.39 is 10.0 Å². The zero-order valence-corrected chi connectivity index (χ0v) is 17.6. The van der Waals surface area contributed by atoms with Crippen LogP contribution in [0.2, 0.25) is 5.02 Å². The molecule has 0 aromatic heterocycles. The number of para-hydroxylation sites is 1. The first-order valence-corrected chi connectivity index (χ1v) is 11.0. The van der Waals surface area contributed by atoms with Crippen LogP contribution >= 0.6 is 11.6 Å². The number of hydrogen-bond acceptors (Lipinski definition) is 5. The molecule has 0 unspecified atom stereocenters. The molecule has 3 rings (SSSR count). The van der Waals surface area contributed by atoms with Gasteiger partial charge in [0.25, 0.3) is 0 Å². The standard InChI is InChI=1S/C20H23ClN2O5S/c1-27-19-8-7-16(29(25,26)23-10-12-28-13-11-23)14-15(19)6-9-20(24)22-18-5-3-2-4-17(18)21/h2-5,7-8,14H,6,9-13H2,1H3,(H,22,24). The highest BCUT2D eigenvalue weighted by Crippen LogP contribution is 2.27. The third kappa shape index (κ3) is 5.27. The van der Waals surface area contributed by atoms with Gasteiger partial charge in [0.05, 0.1) is 35.9 Å². The van der Waals surface area contributed by atoms with Crippen molar-refractivity contribution in [2.75, 3.05) is 38.7 Å². The minimum Gasteiger partial charge on any atom is -0.496 e.